The summed E-state index contributed by atoms with van der Waals surface area (Å²) in [5.41, 5.74) is 5.49. The molecule has 1 aromatic carbocycles. The molecular weight excluding hydrogens is 351 g/mol. The van der Waals surface area contributed by atoms with E-state index in [0.29, 0.717) is 17.6 Å². The first-order chi connectivity index (χ1) is 9.42. The summed E-state index contributed by atoms with van der Waals surface area (Å²) in [6.45, 7) is 0.767. The second-order valence-corrected chi connectivity index (χ2v) is 6.49. The van der Waals surface area contributed by atoms with Crippen molar-refractivity contribution in [3.05, 3.63) is 40.9 Å². The number of hydrogen-bond donors (Lipinski definition) is 2. The summed E-state index contributed by atoms with van der Waals surface area (Å²) in [6.07, 6.45) is 2.58. The van der Waals surface area contributed by atoms with Gasteiger partial charge in [-0.1, -0.05) is 0 Å². The first kappa shape index (κ1) is 14.9. The van der Waals surface area contributed by atoms with E-state index in [4.69, 9.17) is 5.73 Å². The van der Waals surface area contributed by atoms with Crippen molar-refractivity contribution in [1.29, 1.82) is 0 Å². The molecule has 0 atom stereocenters. The molecule has 0 fully saturated rings. The van der Waals surface area contributed by atoms with Gasteiger partial charge in [0.25, 0.3) is 10.0 Å². The quantitative estimate of drug-likeness (QED) is 0.843. The highest BCUT2D eigenvalue weighted by atomic mass is 79.9. The number of nitrogens with zero attached hydrogens (tertiary/aromatic N) is 2. The van der Waals surface area contributed by atoms with Crippen molar-refractivity contribution in [2.45, 2.75) is 11.4 Å². The number of rotatable bonds is 5. The summed E-state index contributed by atoms with van der Waals surface area (Å²) in [7, 11) is -3.82. The van der Waals surface area contributed by atoms with Crippen LogP contribution in [-0.2, 0) is 16.6 Å². The third kappa shape index (κ3) is 3.35. The van der Waals surface area contributed by atoms with Gasteiger partial charge >= 0.3 is 0 Å². The van der Waals surface area contributed by atoms with E-state index in [1.807, 2.05) is 0 Å². The molecule has 0 spiro atoms. The van der Waals surface area contributed by atoms with E-state index in [1.165, 1.54) is 29.2 Å². The predicted molar refractivity (Wildman–Crippen MR) is 76.2 cm³/mol. The van der Waals surface area contributed by atoms with Crippen LogP contribution in [0.1, 0.15) is 0 Å². The highest BCUT2D eigenvalue weighted by Gasteiger charge is 2.18. The molecule has 0 aliphatic carbocycles. The third-order valence-electron chi connectivity index (χ3n) is 2.45. The molecule has 0 saturated heterocycles. The number of nitrogens with two attached hydrogens (primary N) is 1. The van der Waals surface area contributed by atoms with Crippen molar-refractivity contribution < 1.29 is 12.8 Å². The van der Waals surface area contributed by atoms with E-state index in [2.05, 4.69) is 25.8 Å². The lowest BCUT2D eigenvalue weighted by atomic mass is 10.3. The zero-order chi connectivity index (χ0) is 14.8. The highest BCUT2D eigenvalue weighted by Crippen LogP contribution is 2.25. The van der Waals surface area contributed by atoms with E-state index >= 15 is 0 Å². The number of hydrogen-bond acceptors (Lipinski definition) is 4. The number of nitrogens with one attached hydrogen (secondary N) is 1. The highest BCUT2D eigenvalue weighted by molar-refractivity contribution is 9.10. The summed E-state index contributed by atoms with van der Waals surface area (Å²) in [5.74, 6) is -0.537. The zero-order valence-corrected chi connectivity index (χ0v) is 12.7. The van der Waals surface area contributed by atoms with Crippen LogP contribution in [0.4, 0.5) is 10.1 Å². The van der Waals surface area contributed by atoms with Crippen molar-refractivity contribution in [3.63, 3.8) is 0 Å². The van der Waals surface area contributed by atoms with Crippen LogP contribution in [0.25, 0.3) is 0 Å². The van der Waals surface area contributed by atoms with Crippen LogP contribution >= 0.6 is 15.9 Å². The second-order valence-electron chi connectivity index (χ2n) is 3.96. The van der Waals surface area contributed by atoms with E-state index in [1.54, 1.807) is 0 Å². The Balaban J connectivity index is 2.28. The molecule has 0 radical (unpaired) electrons. The van der Waals surface area contributed by atoms with Gasteiger partial charge in [0.05, 0.1) is 18.4 Å². The Kier molecular flexibility index (Phi) is 4.41. The second kappa shape index (κ2) is 5.90. The molecule has 0 aliphatic heterocycles. The molecule has 2 rings (SSSR count). The average Bonchev–Trinajstić information content (AvgIpc) is 2.83. The van der Waals surface area contributed by atoms with Crippen LogP contribution < -0.4 is 10.5 Å². The predicted octanol–water partition coefficient (Wildman–Crippen LogP) is 1.54. The minimum Gasteiger partial charge on any atom is -0.329 e. The molecule has 20 heavy (non-hydrogen) atoms. The largest absolute Gasteiger partial charge is 0.329 e. The Morgan fingerprint density at radius 1 is 1.45 bits per heavy atom. The smallest absolute Gasteiger partial charge is 0.265 e. The van der Waals surface area contributed by atoms with Gasteiger partial charge in [0.2, 0.25) is 0 Å². The molecule has 9 heteroatoms. The van der Waals surface area contributed by atoms with Crippen LogP contribution in [0.15, 0.2) is 40.0 Å². The number of benzene rings is 1. The van der Waals surface area contributed by atoms with Crippen molar-refractivity contribution in [3.8, 4) is 0 Å². The minimum atomic E-state index is -3.82. The van der Waals surface area contributed by atoms with Crippen LogP contribution in [0, 0.1) is 5.82 Å². The maximum absolute atomic E-state index is 13.1. The fourth-order valence-electron chi connectivity index (χ4n) is 1.52. The van der Waals surface area contributed by atoms with Crippen LogP contribution in [0.5, 0.6) is 0 Å². The van der Waals surface area contributed by atoms with Gasteiger partial charge in [-0.3, -0.25) is 9.40 Å². The lowest BCUT2D eigenvalue weighted by Crippen LogP contribution is -2.13. The maximum Gasteiger partial charge on any atom is 0.265 e. The van der Waals surface area contributed by atoms with Gasteiger partial charge in [0.15, 0.2) is 0 Å². The van der Waals surface area contributed by atoms with Crippen molar-refractivity contribution in [1.82, 2.24) is 9.78 Å². The molecule has 0 unspecified atom stereocenters. The van der Waals surface area contributed by atoms with E-state index in [9.17, 15) is 12.8 Å². The van der Waals surface area contributed by atoms with Crippen molar-refractivity contribution in [2.75, 3.05) is 11.3 Å². The zero-order valence-electron chi connectivity index (χ0n) is 10.3. The molecule has 2 aromatic rings. The number of sulfonamides is 1. The van der Waals surface area contributed by atoms with Crippen LogP contribution in [0.2, 0.25) is 0 Å². The van der Waals surface area contributed by atoms with Gasteiger partial charge in [-0.25, -0.2) is 12.8 Å². The summed E-state index contributed by atoms with van der Waals surface area (Å²) < 4.78 is 41.6. The van der Waals surface area contributed by atoms with Crippen molar-refractivity contribution >= 4 is 31.6 Å². The molecule has 0 amide bonds. The van der Waals surface area contributed by atoms with E-state index < -0.39 is 15.8 Å². The van der Waals surface area contributed by atoms with E-state index in [-0.39, 0.29) is 10.6 Å². The molecule has 1 aromatic heterocycles. The Bertz CT molecular complexity index is 717. The number of anilines is 1. The Morgan fingerprint density at radius 2 is 2.20 bits per heavy atom. The number of aromatic nitrogens is 2. The molecule has 1 heterocycles. The standard InChI is InChI=1S/C11H12BrFN4O2S/c12-10-2-1-8(13)5-11(10)16-20(18,19)9-6-15-17(7-9)4-3-14/h1-2,5-7,16H,3-4,14H2. The molecule has 108 valence electrons. The molecule has 0 bridgehead atoms. The van der Waals surface area contributed by atoms with Crippen LogP contribution in [-0.4, -0.2) is 24.7 Å². The lowest BCUT2D eigenvalue weighted by Gasteiger charge is -2.08. The first-order valence-electron chi connectivity index (χ1n) is 5.63. The third-order valence-corrected chi connectivity index (χ3v) is 4.46. The van der Waals surface area contributed by atoms with Crippen molar-refractivity contribution in [2.24, 2.45) is 5.73 Å². The average molecular weight is 363 g/mol. The van der Waals surface area contributed by atoms with Gasteiger partial charge in [-0.05, 0) is 34.1 Å². The summed E-state index contributed by atoms with van der Waals surface area (Å²) in [5, 5.41) is 3.89. The van der Waals surface area contributed by atoms with Gasteiger partial charge in [0, 0.05) is 17.2 Å². The molecule has 0 aliphatic rings. The molecular formula is C11H12BrFN4O2S. The number of halogens is 2. The Labute approximate surface area is 124 Å². The minimum absolute atomic E-state index is 0.0119. The van der Waals surface area contributed by atoms with Gasteiger partial charge in [-0.2, -0.15) is 5.10 Å². The first-order valence-corrected chi connectivity index (χ1v) is 7.90. The fourth-order valence-corrected chi connectivity index (χ4v) is 3.02. The molecule has 3 N–H and O–H groups in total. The summed E-state index contributed by atoms with van der Waals surface area (Å²) in [4.78, 5) is -0.0119. The summed E-state index contributed by atoms with van der Waals surface area (Å²) >= 11 is 3.15. The van der Waals surface area contributed by atoms with Gasteiger partial charge in [-0.15, -0.1) is 0 Å². The lowest BCUT2D eigenvalue weighted by molar-refractivity contribution is 0.599. The van der Waals surface area contributed by atoms with Crippen LogP contribution in [0.3, 0.4) is 0 Å². The van der Waals surface area contributed by atoms with Gasteiger partial charge in [0.1, 0.15) is 10.7 Å². The molecule has 0 saturated carbocycles. The fraction of sp³-hybridized carbons (Fsp3) is 0.182. The topological polar surface area (TPSA) is 90.0 Å². The summed E-state index contributed by atoms with van der Waals surface area (Å²) in [6, 6.07) is 3.73. The van der Waals surface area contributed by atoms with Gasteiger partial charge < -0.3 is 5.73 Å². The SMILES string of the molecule is NCCn1cc(S(=O)(=O)Nc2cc(F)ccc2Br)cn1. The molecule has 6 nitrogen and oxygen atoms in total. The van der Waals surface area contributed by atoms with E-state index in [0.717, 1.165) is 6.07 Å². The maximum atomic E-state index is 13.1. The normalized spacial score (nSPS) is 11.6. The Morgan fingerprint density at radius 3 is 2.90 bits per heavy atom. The Hall–Kier alpha value is -1.45. The monoisotopic (exact) mass is 362 g/mol.